The first-order valence-electron chi connectivity index (χ1n) is 6.19. The largest absolute Gasteiger partial charge is 0.481 e. The first-order chi connectivity index (χ1) is 8.93. The molecule has 0 aliphatic rings. The van der Waals surface area contributed by atoms with Crippen LogP contribution in [0, 0.1) is 11.7 Å². The Labute approximate surface area is 111 Å². The van der Waals surface area contributed by atoms with Crippen LogP contribution in [0.25, 0.3) is 0 Å². The molecule has 1 amide bonds. The van der Waals surface area contributed by atoms with Crippen LogP contribution in [0.15, 0.2) is 24.3 Å². The van der Waals surface area contributed by atoms with Crippen molar-refractivity contribution in [3.63, 3.8) is 0 Å². The Morgan fingerprint density at radius 1 is 1.32 bits per heavy atom. The van der Waals surface area contributed by atoms with Crippen molar-refractivity contribution in [3.05, 3.63) is 35.6 Å². The van der Waals surface area contributed by atoms with Crippen molar-refractivity contribution in [1.29, 1.82) is 0 Å². The van der Waals surface area contributed by atoms with Crippen molar-refractivity contribution < 1.29 is 19.1 Å². The maximum Gasteiger partial charge on any atom is 0.308 e. The van der Waals surface area contributed by atoms with Crippen molar-refractivity contribution in [2.45, 2.75) is 20.3 Å². The Morgan fingerprint density at radius 2 is 1.89 bits per heavy atom. The van der Waals surface area contributed by atoms with E-state index < -0.39 is 11.9 Å². The minimum Gasteiger partial charge on any atom is -0.481 e. The molecule has 0 saturated carbocycles. The normalized spacial score (nSPS) is 11.9. The number of carboxylic acid groups (broad SMARTS) is 1. The van der Waals surface area contributed by atoms with Gasteiger partial charge < -0.3 is 10.0 Å². The van der Waals surface area contributed by atoms with Gasteiger partial charge in [-0.05, 0) is 24.6 Å². The van der Waals surface area contributed by atoms with Gasteiger partial charge in [0.1, 0.15) is 5.82 Å². The summed E-state index contributed by atoms with van der Waals surface area (Å²) in [5.74, 6) is -2.02. The van der Waals surface area contributed by atoms with E-state index in [0.717, 1.165) is 0 Å². The quantitative estimate of drug-likeness (QED) is 0.857. The zero-order valence-electron chi connectivity index (χ0n) is 11.1. The highest BCUT2D eigenvalue weighted by molar-refractivity contribution is 5.79. The van der Waals surface area contributed by atoms with Crippen LogP contribution in [0.3, 0.4) is 0 Å². The van der Waals surface area contributed by atoms with Gasteiger partial charge in [0.25, 0.3) is 0 Å². The van der Waals surface area contributed by atoms with E-state index >= 15 is 0 Å². The van der Waals surface area contributed by atoms with Gasteiger partial charge in [0, 0.05) is 13.1 Å². The summed E-state index contributed by atoms with van der Waals surface area (Å²) < 4.78 is 12.7. The molecule has 1 rings (SSSR count). The molecule has 0 saturated heterocycles. The summed E-state index contributed by atoms with van der Waals surface area (Å²) in [4.78, 5) is 24.3. The van der Waals surface area contributed by atoms with Gasteiger partial charge >= 0.3 is 5.97 Å². The first kappa shape index (κ1) is 15.1. The molecule has 0 heterocycles. The fourth-order valence-corrected chi connectivity index (χ4v) is 1.70. The molecule has 0 aliphatic heterocycles. The number of amides is 1. The highest BCUT2D eigenvalue weighted by Crippen LogP contribution is 2.07. The summed E-state index contributed by atoms with van der Waals surface area (Å²) in [5.41, 5.74) is 0.716. The number of benzene rings is 1. The first-order valence-corrected chi connectivity index (χ1v) is 6.19. The van der Waals surface area contributed by atoms with Crippen molar-refractivity contribution in [2.75, 3.05) is 13.1 Å². The molecule has 1 N–H and O–H groups in total. The minimum atomic E-state index is -0.923. The zero-order chi connectivity index (χ0) is 14.4. The maximum atomic E-state index is 12.7. The highest BCUT2D eigenvalue weighted by atomic mass is 19.1. The third-order valence-electron chi connectivity index (χ3n) is 2.92. The Kier molecular flexibility index (Phi) is 5.48. The fraction of sp³-hybridized carbons (Fsp3) is 0.429. The van der Waals surface area contributed by atoms with Crippen LogP contribution in [0.1, 0.15) is 19.4 Å². The van der Waals surface area contributed by atoms with E-state index in [2.05, 4.69) is 0 Å². The molecule has 1 aromatic rings. The molecular formula is C14H18FNO3. The zero-order valence-corrected chi connectivity index (χ0v) is 11.1. The third kappa shape index (κ3) is 4.69. The Hall–Kier alpha value is -1.91. The van der Waals surface area contributed by atoms with Gasteiger partial charge in [0.05, 0.1) is 12.3 Å². The number of aliphatic carboxylic acids is 1. The van der Waals surface area contributed by atoms with Crippen molar-refractivity contribution >= 4 is 11.9 Å². The standard InChI is InChI=1S/C14H18FNO3/c1-3-16(9-10(2)14(18)19)13(17)8-11-4-6-12(15)7-5-11/h4-7,10H,3,8-9H2,1-2H3,(H,18,19). The van der Waals surface area contributed by atoms with E-state index in [4.69, 9.17) is 5.11 Å². The van der Waals surface area contributed by atoms with E-state index in [-0.39, 0.29) is 24.7 Å². The minimum absolute atomic E-state index is 0.151. The molecule has 0 radical (unpaired) electrons. The van der Waals surface area contributed by atoms with Gasteiger partial charge in [0.2, 0.25) is 5.91 Å². The van der Waals surface area contributed by atoms with E-state index in [1.807, 2.05) is 0 Å². The lowest BCUT2D eigenvalue weighted by Crippen LogP contribution is -2.37. The summed E-state index contributed by atoms with van der Waals surface area (Å²) in [7, 11) is 0. The number of rotatable bonds is 6. The van der Waals surface area contributed by atoms with Gasteiger partial charge in [-0.15, -0.1) is 0 Å². The van der Waals surface area contributed by atoms with Crippen molar-refractivity contribution in [1.82, 2.24) is 4.90 Å². The lowest BCUT2D eigenvalue weighted by Gasteiger charge is -2.23. The van der Waals surface area contributed by atoms with E-state index in [1.54, 1.807) is 26.0 Å². The number of hydrogen-bond donors (Lipinski definition) is 1. The highest BCUT2D eigenvalue weighted by Gasteiger charge is 2.19. The van der Waals surface area contributed by atoms with Gasteiger partial charge in [-0.1, -0.05) is 19.1 Å². The molecule has 0 bridgehead atoms. The number of carbonyl (C=O) groups is 2. The van der Waals surface area contributed by atoms with E-state index in [0.29, 0.717) is 12.1 Å². The summed E-state index contributed by atoms with van der Waals surface area (Å²) in [6.07, 6.45) is 0.153. The third-order valence-corrected chi connectivity index (χ3v) is 2.92. The Bertz CT molecular complexity index is 445. The van der Waals surface area contributed by atoms with Crippen LogP contribution in [0.5, 0.6) is 0 Å². The number of halogens is 1. The maximum absolute atomic E-state index is 12.7. The van der Waals surface area contributed by atoms with E-state index in [9.17, 15) is 14.0 Å². The fourth-order valence-electron chi connectivity index (χ4n) is 1.70. The predicted molar refractivity (Wildman–Crippen MR) is 69.2 cm³/mol. The topological polar surface area (TPSA) is 57.6 Å². The number of carbonyl (C=O) groups excluding carboxylic acids is 1. The monoisotopic (exact) mass is 267 g/mol. The number of likely N-dealkylation sites (N-methyl/N-ethyl adjacent to an activating group) is 1. The molecule has 104 valence electrons. The van der Waals surface area contributed by atoms with Crippen LogP contribution in [-0.4, -0.2) is 35.0 Å². The van der Waals surface area contributed by atoms with Gasteiger partial charge in [0.15, 0.2) is 0 Å². The lowest BCUT2D eigenvalue weighted by molar-refractivity contribution is -0.142. The van der Waals surface area contributed by atoms with Crippen LogP contribution >= 0.6 is 0 Å². The molecule has 1 atom stereocenters. The molecule has 0 fully saturated rings. The SMILES string of the molecule is CCN(CC(C)C(=O)O)C(=O)Cc1ccc(F)cc1. The number of carboxylic acids is 1. The second kappa shape index (κ2) is 6.87. The molecular weight excluding hydrogens is 249 g/mol. The summed E-state index contributed by atoms with van der Waals surface area (Å²) in [6, 6.07) is 5.72. The molecule has 4 nitrogen and oxygen atoms in total. The van der Waals surface area contributed by atoms with Crippen molar-refractivity contribution in [2.24, 2.45) is 5.92 Å². The molecule has 19 heavy (non-hydrogen) atoms. The Balaban J connectivity index is 2.63. The summed E-state index contributed by atoms with van der Waals surface area (Å²) in [5, 5.41) is 8.85. The van der Waals surface area contributed by atoms with Crippen molar-refractivity contribution in [3.8, 4) is 0 Å². The number of nitrogens with zero attached hydrogens (tertiary/aromatic N) is 1. The van der Waals surface area contributed by atoms with Crippen LogP contribution < -0.4 is 0 Å². The molecule has 1 aromatic carbocycles. The lowest BCUT2D eigenvalue weighted by atomic mass is 10.1. The smallest absolute Gasteiger partial charge is 0.308 e. The van der Waals surface area contributed by atoms with Crippen LogP contribution in [-0.2, 0) is 16.0 Å². The second-order valence-electron chi connectivity index (χ2n) is 4.47. The second-order valence-corrected chi connectivity index (χ2v) is 4.47. The molecule has 0 aliphatic carbocycles. The predicted octanol–water partition coefficient (Wildman–Crippen LogP) is 1.94. The van der Waals surface area contributed by atoms with Crippen LogP contribution in [0.4, 0.5) is 4.39 Å². The molecule has 0 spiro atoms. The number of hydrogen-bond acceptors (Lipinski definition) is 2. The summed E-state index contributed by atoms with van der Waals surface area (Å²) >= 11 is 0. The molecule has 1 unspecified atom stereocenters. The average molecular weight is 267 g/mol. The van der Waals surface area contributed by atoms with Gasteiger partial charge in [-0.3, -0.25) is 9.59 Å². The molecule has 5 heteroatoms. The molecule has 0 aromatic heterocycles. The van der Waals surface area contributed by atoms with Gasteiger partial charge in [-0.25, -0.2) is 4.39 Å². The van der Waals surface area contributed by atoms with E-state index in [1.165, 1.54) is 17.0 Å². The average Bonchev–Trinajstić information content (AvgIpc) is 2.38. The van der Waals surface area contributed by atoms with Crippen LogP contribution in [0.2, 0.25) is 0 Å². The Morgan fingerprint density at radius 3 is 2.37 bits per heavy atom. The van der Waals surface area contributed by atoms with Gasteiger partial charge in [-0.2, -0.15) is 0 Å². The summed E-state index contributed by atoms with van der Waals surface area (Å²) in [6.45, 7) is 4.01.